The molecular formula is C15H16N2O4S. The number of hydrogen-bond acceptors (Lipinski definition) is 4. The Labute approximate surface area is 129 Å². The number of rotatable bonds is 6. The van der Waals surface area contributed by atoms with Crippen molar-refractivity contribution in [2.24, 2.45) is 0 Å². The fraction of sp³-hybridized carbons (Fsp3) is 0.200. The van der Waals surface area contributed by atoms with Crippen molar-refractivity contribution in [3.05, 3.63) is 75.8 Å². The Kier molecular flexibility index (Phi) is 4.89. The zero-order valence-electron chi connectivity index (χ0n) is 12.0. The molecule has 116 valence electrons. The van der Waals surface area contributed by atoms with E-state index in [-0.39, 0.29) is 17.5 Å². The van der Waals surface area contributed by atoms with Crippen LogP contribution in [0.4, 0.5) is 5.69 Å². The molecule has 1 N–H and O–H groups in total. The Morgan fingerprint density at radius 3 is 2.23 bits per heavy atom. The van der Waals surface area contributed by atoms with Crippen LogP contribution in [0.2, 0.25) is 0 Å². The molecule has 0 amide bonds. The van der Waals surface area contributed by atoms with Crippen molar-refractivity contribution in [2.45, 2.75) is 18.7 Å². The summed E-state index contributed by atoms with van der Waals surface area (Å²) in [5, 5.41) is 10.6. The minimum Gasteiger partial charge on any atom is -0.258 e. The average Bonchev–Trinajstić information content (AvgIpc) is 2.47. The van der Waals surface area contributed by atoms with Crippen molar-refractivity contribution < 1.29 is 13.3 Å². The van der Waals surface area contributed by atoms with Gasteiger partial charge in [0.1, 0.15) is 0 Å². The summed E-state index contributed by atoms with van der Waals surface area (Å²) in [6, 6.07) is 14.4. The lowest BCUT2D eigenvalue weighted by Gasteiger charge is -2.14. The van der Waals surface area contributed by atoms with Crippen LogP contribution in [-0.2, 0) is 15.8 Å². The molecule has 2 aromatic rings. The van der Waals surface area contributed by atoms with Gasteiger partial charge in [-0.2, -0.15) is 0 Å². The van der Waals surface area contributed by atoms with Gasteiger partial charge in [0, 0.05) is 18.2 Å². The maximum Gasteiger partial charge on any atom is 0.269 e. The quantitative estimate of drug-likeness (QED) is 0.654. The second kappa shape index (κ2) is 6.67. The molecule has 0 aliphatic rings. The van der Waals surface area contributed by atoms with E-state index in [9.17, 15) is 18.5 Å². The first kappa shape index (κ1) is 16.1. The predicted octanol–water partition coefficient (Wildman–Crippen LogP) is 2.78. The van der Waals surface area contributed by atoms with Crippen molar-refractivity contribution in [3.8, 4) is 0 Å². The van der Waals surface area contributed by atoms with E-state index < -0.39 is 14.9 Å². The molecule has 2 aromatic carbocycles. The van der Waals surface area contributed by atoms with Crippen molar-refractivity contribution >= 4 is 15.7 Å². The summed E-state index contributed by atoms with van der Waals surface area (Å²) in [7, 11) is -3.53. The number of nitrogens with one attached hydrogen (secondary N) is 1. The van der Waals surface area contributed by atoms with Crippen molar-refractivity contribution in [2.75, 3.05) is 0 Å². The van der Waals surface area contributed by atoms with E-state index in [1.54, 1.807) is 6.92 Å². The number of sulfonamides is 1. The lowest BCUT2D eigenvalue weighted by molar-refractivity contribution is -0.384. The predicted molar refractivity (Wildman–Crippen MR) is 83.7 cm³/mol. The van der Waals surface area contributed by atoms with Gasteiger partial charge in [-0.25, -0.2) is 13.1 Å². The minimum atomic E-state index is -3.53. The van der Waals surface area contributed by atoms with E-state index >= 15 is 0 Å². The number of nitro benzene ring substituents is 1. The fourth-order valence-electron chi connectivity index (χ4n) is 2.05. The number of non-ortho nitro benzene ring substituents is 1. The topological polar surface area (TPSA) is 89.3 Å². The van der Waals surface area contributed by atoms with Gasteiger partial charge >= 0.3 is 0 Å². The smallest absolute Gasteiger partial charge is 0.258 e. The normalized spacial score (nSPS) is 12.8. The van der Waals surface area contributed by atoms with Crippen LogP contribution >= 0.6 is 0 Å². The Balaban J connectivity index is 2.06. The van der Waals surface area contributed by atoms with Crippen LogP contribution in [0.15, 0.2) is 54.6 Å². The molecule has 22 heavy (non-hydrogen) atoms. The first-order valence-electron chi connectivity index (χ1n) is 6.66. The SMILES string of the molecule is CC(NS(=O)(=O)Cc1ccc([N+](=O)[O-])cc1)c1ccccc1. The molecule has 0 aliphatic carbocycles. The maximum absolute atomic E-state index is 12.2. The third-order valence-electron chi connectivity index (χ3n) is 3.16. The minimum absolute atomic E-state index is 0.0632. The van der Waals surface area contributed by atoms with Gasteiger partial charge in [0.05, 0.1) is 10.7 Å². The summed E-state index contributed by atoms with van der Waals surface area (Å²) in [6.07, 6.45) is 0. The van der Waals surface area contributed by atoms with Crippen LogP contribution in [0.25, 0.3) is 0 Å². The molecule has 0 saturated heterocycles. The van der Waals surface area contributed by atoms with Gasteiger partial charge in [-0.15, -0.1) is 0 Å². The van der Waals surface area contributed by atoms with Gasteiger partial charge in [-0.3, -0.25) is 10.1 Å². The summed E-state index contributed by atoms with van der Waals surface area (Å²) in [5.41, 5.74) is 1.31. The number of nitro groups is 1. The molecule has 7 heteroatoms. The zero-order chi connectivity index (χ0) is 16.2. The van der Waals surface area contributed by atoms with Gasteiger partial charge in [0.2, 0.25) is 10.0 Å². The largest absolute Gasteiger partial charge is 0.269 e. The monoisotopic (exact) mass is 320 g/mol. The Hall–Kier alpha value is -2.25. The van der Waals surface area contributed by atoms with Crippen molar-refractivity contribution in [3.63, 3.8) is 0 Å². The molecule has 1 atom stereocenters. The average molecular weight is 320 g/mol. The van der Waals surface area contributed by atoms with Gasteiger partial charge < -0.3 is 0 Å². The first-order chi connectivity index (χ1) is 10.4. The van der Waals surface area contributed by atoms with Gasteiger partial charge in [0.15, 0.2) is 0 Å². The molecule has 0 heterocycles. The number of benzene rings is 2. The molecule has 0 spiro atoms. The van der Waals surface area contributed by atoms with Crippen molar-refractivity contribution in [1.82, 2.24) is 4.72 Å². The highest BCUT2D eigenvalue weighted by molar-refractivity contribution is 7.88. The van der Waals surface area contributed by atoms with E-state index in [2.05, 4.69) is 4.72 Å². The lowest BCUT2D eigenvalue weighted by atomic mass is 10.1. The molecule has 0 bridgehead atoms. The molecule has 2 rings (SSSR count). The molecule has 6 nitrogen and oxygen atoms in total. The molecular weight excluding hydrogens is 304 g/mol. The maximum atomic E-state index is 12.2. The second-order valence-corrected chi connectivity index (χ2v) is 6.69. The first-order valence-corrected chi connectivity index (χ1v) is 8.31. The highest BCUT2D eigenvalue weighted by atomic mass is 32.2. The third-order valence-corrected chi connectivity index (χ3v) is 4.59. The standard InChI is InChI=1S/C15H16N2O4S/c1-12(14-5-3-2-4-6-14)16-22(20,21)11-13-7-9-15(10-8-13)17(18)19/h2-10,12,16H,11H2,1H3. The van der Waals surface area contributed by atoms with E-state index in [4.69, 9.17) is 0 Å². The Morgan fingerprint density at radius 2 is 1.68 bits per heavy atom. The summed E-state index contributed by atoms with van der Waals surface area (Å²) in [4.78, 5) is 10.1. The van der Waals surface area contributed by atoms with Crippen LogP contribution < -0.4 is 4.72 Å². The summed E-state index contributed by atoms with van der Waals surface area (Å²) in [6.45, 7) is 1.77. The van der Waals surface area contributed by atoms with Crippen molar-refractivity contribution in [1.29, 1.82) is 0 Å². The summed E-state index contributed by atoms with van der Waals surface area (Å²) < 4.78 is 26.9. The third kappa shape index (κ3) is 4.37. The molecule has 0 fully saturated rings. The van der Waals surface area contributed by atoms with Crippen LogP contribution in [0.3, 0.4) is 0 Å². The Bertz CT molecular complexity index is 743. The molecule has 0 aliphatic heterocycles. The molecule has 0 aromatic heterocycles. The molecule has 0 radical (unpaired) electrons. The lowest BCUT2D eigenvalue weighted by Crippen LogP contribution is -2.28. The van der Waals surface area contributed by atoms with Crippen LogP contribution in [0, 0.1) is 10.1 Å². The van der Waals surface area contributed by atoms with Crippen LogP contribution in [0.5, 0.6) is 0 Å². The van der Waals surface area contributed by atoms with E-state index in [1.807, 2.05) is 30.3 Å². The highest BCUT2D eigenvalue weighted by Crippen LogP contribution is 2.16. The van der Waals surface area contributed by atoms with E-state index in [0.29, 0.717) is 5.56 Å². The summed E-state index contributed by atoms with van der Waals surface area (Å²) >= 11 is 0. The number of nitrogens with zero attached hydrogens (tertiary/aromatic N) is 1. The molecule has 0 saturated carbocycles. The van der Waals surface area contributed by atoms with E-state index in [1.165, 1.54) is 24.3 Å². The van der Waals surface area contributed by atoms with Crippen LogP contribution in [0.1, 0.15) is 24.1 Å². The van der Waals surface area contributed by atoms with Crippen LogP contribution in [-0.4, -0.2) is 13.3 Å². The molecule has 1 unspecified atom stereocenters. The van der Waals surface area contributed by atoms with Gasteiger partial charge in [-0.05, 0) is 18.1 Å². The van der Waals surface area contributed by atoms with Gasteiger partial charge in [0.25, 0.3) is 5.69 Å². The highest BCUT2D eigenvalue weighted by Gasteiger charge is 2.17. The fourth-order valence-corrected chi connectivity index (χ4v) is 3.44. The zero-order valence-corrected chi connectivity index (χ0v) is 12.8. The van der Waals surface area contributed by atoms with Gasteiger partial charge in [-0.1, -0.05) is 42.5 Å². The van der Waals surface area contributed by atoms with E-state index in [0.717, 1.165) is 5.56 Å². The second-order valence-electron chi connectivity index (χ2n) is 4.93. The number of hydrogen-bond donors (Lipinski definition) is 1. The Morgan fingerprint density at radius 1 is 1.09 bits per heavy atom. The summed E-state index contributed by atoms with van der Waals surface area (Å²) in [5.74, 6) is -0.220.